The number of hydrogen-bond acceptors (Lipinski definition) is 6. The fraction of sp³-hybridized carbons (Fsp3) is 0.250. The predicted octanol–water partition coefficient (Wildman–Crippen LogP) is 1.20. The van der Waals surface area contributed by atoms with Gasteiger partial charge in [0.05, 0.1) is 19.0 Å². The molecule has 0 aliphatic carbocycles. The lowest BCUT2D eigenvalue weighted by molar-refractivity contribution is -0.146. The largest absolute Gasteiger partial charge is 0.508 e. The SMILES string of the molecule is COc1ccccc1N1CCN(C(=O)C(=O)NN=Cc2ccc(O)cc2)CC1. The molecule has 1 saturated heterocycles. The Morgan fingerprint density at radius 2 is 1.75 bits per heavy atom. The number of rotatable bonds is 4. The first kappa shape index (κ1) is 19.2. The summed E-state index contributed by atoms with van der Waals surface area (Å²) < 4.78 is 5.38. The molecule has 0 radical (unpaired) electrons. The Balaban J connectivity index is 1.51. The fourth-order valence-electron chi connectivity index (χ4n) is 2.96. The quantitative estimate of drug-likeness (QED) is 0.471. The Morgan fingerprint density at radius 3 is 2.43 bits per heavy atom. The molecule has 0 spiro atoms. The molecule has 0 unspecified atom stereocenters. The summed E-state index contributed by atoms with van der Waals surface area (Å²) in [6.07, 6.45) is 1.41. The van der Waals surface area contributed by atoms with Gasteiger partial charge in [-0.15, -0.1) is 0 Å². The molecule has 2 amide bonds. The highest BCUT2D eigenvalue weighted by Gasteiger charge is 2.26. The minimum atomic E-state index is -0.777. The Kier molecular flexibility index (Phi) is 6.11. The van der Waals surface area contributed by atoms with Gasteiger partial charge in [-0.25, -0.2) is 5.43 Å². The number of phenolic OH excluding ortho intramolecular Hbond substituents is 1. The summed E-state index contributed by atoms with van der Waals surface area (Å²) in [6.45, 7) is 2.09. The first-order valence-electron chi connectivity index (χ1n) is 8.88. The molecule has 0 bridgehead atoms. The van der Waals surface area contributed by atoms with Crippen molar-refractivity contribution in [1.82, 2.24) is 10.3 Å². The normalized spacial score (nSPS) is 14.2. The first-order valence-corrected chi connectivity index (χ1v) is 8.88. The number of anilines is 1. The highest BCUT2D eigenvalue weighted by molar-refractivity contribution is 6.35. The van der Waals surface area contributed by atoms with Crippen molar-refractivity contribution in [2.75, 3.05) is 38.2 Å². The van der Waals surface area contributed by atoms with Gasteiger partial charge in [-0.05, 0) is 42.0 Å². The van der Waals surface area contributed by atoms with Gasteiger partial charge in [0.15, 0.2) is 0 Å². The van der Waals surface area contributed by atoms with Crippen molar-refractivity contribution in [3.63, 3.8) is 0 Å². The van der Waals surface area contributed by atoms with E-state index in [0.29, 0.717) is 31.7 Å². The van der Waals surface area contributed by atoms with Gasteiger partial charge in [0.25, 0.3) is 0 Å². The number of methoxy groups -OCH3 is 1. The number of nitrogens with zero attached hydrogens (tertiary/aromatic N) is 3. The number of carbonyl (C=O) groups is 2. The summed E-state index contributed by atoms with van der Waals surface area (Å²) in [6, 6.07) is 14.0. The van der Waals surface area contributed by atoms with E-state index in [1.54, 1.807) is 19.2 Å². The second-order valence-corrected chi connectivity index (χ2v) is 6.24. The molecule has 2 aromatic carbocycles. The van der Waals surface area contributed by atoms with Crippen LogP contribution in [0, 0.1) is 0 Å². The minimum absolute atomic E-state index is 0.142. The number of piperazine rings is 1. The van der Waals surface area contributed by atoms with Crippen LogP contribution in [0.3, 0.4) is 0 Å². The van der Waals surface area contributed by atoms with Crippen LogP contribution < -0.4 is 15.1 Å². The molecule has 2 N–H and O–H groups in total. The fourth-order valence-corrected chi connectivity index (χ4v) is 2.96. The molecule has 8 heteroatoms. The van der Waals surface area contributed by atoms with Crippen LogP contribution in [0.1, 0.15) is 5.56 Å². The maximum atomic E-state index is 12.3. The zero-order valence-corrected chi connectivity index (χ0v) is 15.5. The molecule has 0 aromatic heterocycles. The van der Waals surface area contributed by atoms with Gasteiger partial charge in [0, 0.05) is 26.2 Å². The van der Waals surface area contributed by atoms with Crippen LogP contribution in [-0.2, 0) is 9.59 Å². The van der Waals surface area contributed by atoms with Gasteiger partial charge < -0.3 is 19.6 Å². The smallest absolute Gasteiger partial charge is 0.329 e. The highest BCUT2D eigenvalue weighted by atomic mass is 16.5. The Bertz CT molecular complexity index is 859. The van der Waals surface area contributed by atoms with E-state index in [-0.39, 0.29) is 5.75 Å². The van der Waals surface area contributed by atoms with Gasteiger partial charge in [-0.2, -0.15) is 5.10 Å². The number of aromatic hydroxyl groups is 1. The zero-order chi connectivity index (χ0) is 19.9. The summed E-state index contributed by atoms with van der Waals surface area (Å²) in [4.78, 5) is 28.0. The number of ether oxygens (including phenoxy) is 1. The van der Waals surface area contributed by atoms with E-state index in [1.807, 2.05) is 24.3 Å². The van der Waals surface area contributed by atoms with Crippen molar-refractivity contribution in [2.45, 2.75) is 0 Å². The number of hydrogen-bond donors (Lipinski definition) is 2. The molecule has 2 aromatic rings. The molecule has 1 heterocycles. The number of amides is 2. The third-order valence-electron chi connectivity index (χ3n) is 4.46. The number of hydrazone groups is 1. The third-order valence-corrected chi connectivity index (χ3v) is 4.46. The van der Waals surface area contributed by atoms with E-state index >= 15 is 0 Å². The van der Waals surface area contributed by atoms with Crippen molar-refractivity contribution in [3.8, 4) is 11.5 Å². The van der Waals surface area contributed by atoms with E-state index in [4.69, 9.17) is 4.74 Å². The summed E-state index contributed by atoms with van der Waals surface area (Å²) in [5.41, 5.74) is 3.91. The molecular weight excluding hydrogens is 360 g/mol. The monoisotopic (exact) mass is 382 g/mol. The molecule has 1 aliphatic rings. The van der Waals surface area contributed by atoms with Crippen molar-refractivity contribution in [1.29, 1.82) is 0 Å². The van der Waals surface area contributed by atoms with Gasteiger partial charge in [0.2, 0.25) is 0 Å². The molecule has 1 fully saturated rings. The molecule has 1 aliphatic heterocycles. The molecule has 3 rings (SSSR count). The Hall–Kier alpha value is -3.55. The van der Waals surface area contributed by atoms with Crippen molar-refractivity contribution in [2.24, 2.45) is 5.10 Å². The van der Waals surface area contributed by atoms with Gasteiger partial charge in [-0.1, -0.05) is 12.1 Å². The number of phenols is 1. The molecular formula is C20H22N4O4. The lowest BCUT2D eigenvalue weighted by atomic mass is 10.2. The average molecular weight is 382 g/mol. The molecule has 28 heavy (non-hydrogen) atoms. The second-order valence-electron chi connectivity index (χ2n) is 6.24. The predicted molar refractivity (Wildman–Crippen MR) is 106 cm³/mol. The molecule has 0 atom stereocenters. The maximum absolute atomic E-state index is 12.3. The zero-order valence-electron chi connectivity index (χ0n) is 15.5. The van der Waals surface area contributed by atoms with Gasteiger partial charge >= 0.3 is 11.8 Å². The van der Waals surface area contributed by atoms with E-state index in [9.17, 15) is 14.7 Å². The van der Waals surface area contributed by atoms with Gasteiger partial charge in [0.1, 0.15) is 11.5 Å². The van der Waals surface area contributed by atoms with Crippen LogP contribution in [-0.4, -0.2) is 61.3 Å². The number of para-hydroxylation sites is 2. The number of carbonyl (C=O) groups excluding carboxylic acids is 2. The maximum Gasteiger partial charge on any atom is 0.329 e. The summed E-state index contributed by atoms with van der Waals surface area (Å²) in [5, 5.41) is 13.0. The third kappa shape index (κ3) is 4.59. The van der Waals surface area contributed by atoms with Gasteiger partial charge in [-0.3, -0.25) is 9.59 Å². The topological polar surface area (TPSA) is 94.5 Å². The van der Waals surface area contributed by atoms with Crippen LogP contribution in [0.25, 0.3) is 0 Å². The average Bonchev–Trinajstić information content (AvgIpc) is 2.74. The number of nitrogens with one attached hydrogen (secondary N) is 1. The summed E-state index contributed by atoms with van der Waals surface area (Å²) in [7, 11) is 1.63. The Labute approximate surface area is 163 Å². The second kappa shape index (κ2) is 8.90. The van der Waals surface area contributed by atoms with Crippen LogP contribution in [0.15, 0.2) is 53.6 Å². The van der Waals surface area contributed by atoms with Crippen LogP contribution in [0.5, 0.6) is 11.5 Å². The van der Waals surface area contributed by atoms with E-state index in [0.717, 1.165) is 11.4 Å². The Morgan fingerprint density at radius 1 is 1.07 bits per heavy atom. The lowest BCUT2D eigenvalue weighted by Gasteiger charge is -2.36. The highest BCUT2D eigenvalue weighted by Crippen LogP contribution is 2.28. The van der Waals surface area contributed by atoms with Crippen molar-refractivity contribution < 1.29 is 19.4 Å². The summed E-state index contributed by atoms with van der Waals surface area (Å²) in [5.74, 6) is -0.462. The number of benzene rings is 2. The first-order chi connectivity index (χ1) is 13.6. The van der Waals surface area contributed by atoms with Crippen LogP contribution in [0.4, 0.5) is 5.69 Å². The lowest BCUT2D eigenvalue weighted by Crippen LogP contribution is -2.52. The summed E-state index contributed by atoms with van der Waals surface area (Å²) >= 11 is 0. The van der Waals surface area contributed by atoms with E-state index in [1.165, 1.54) is 23.2 Å². The molecule has 146 valence electrons. The van der Waals surface area contributed by atoms with Crippen LogP contribution >= 0.6 is 0 Å². The van der Waals surface area contributed by atoms with Crippen LogP contribution in [0.2, 0.25) is 0 Å². The minimum Gasteiger partial charge on any atom is -0.508 e. The van der Waals surface area contributed by atoms with E-state index < -0.39 is 11.8 Å². The standard InChI is InChI=1S/C20H22N4O4/c1-28-18-5-3-2-4-17(18)23-10-12-24(13-11-23)20(27)19(26)22-21-14-15-6-8-16(25)9-7-15/h2-9,14,25H,10-13H2,1H3,(H,22,26). The van der Waals surface area contributed by atoms with Crippen molar-refractivity contribution in [3.05, 3.63) is 54.1 Å². The molecule has 8 nitrogen and oxygen atoms in total. The molecule has 0 saturated carbocycles. The van der Waals surface area contributed by atoms with Crippen molar-refractivity contribution >= 4 is 23.7 Å². The van der Waals surface area contributed by atoms with E-state index in [2.05, 4.69) is 15.4 Å².